The Morgan fingerprint density at radius 3 is 2.52 bits per heavy atom. The fourth-order valence-electron chi connectivity index (χ4n) is 2.50. The van der Waals surface area contributed by atoms with Crippen LogP contribution in [0.4, 0.5) is 0 Å². The number of ether oxygens (including phenoxy) is 3. The minimum Gasteiger partial charge on any atom is -0.494 e. The first kappa shape index (κ1) is 18.7. The van der Waals surface area contributed by atoms with Gasteiger partial charge in [0.15, 0.2) is 17.3 Å². The van der Waals surface area contributed by atoms with Crippen molar-refractivity contribution in [2.75, 3.05) is 20.8 Å². The fourth-order valence-corrected chi connectivity index (χ4v) is 2.68. The number of hydrogen-bond acceptors (Lipinski definition) is 6. The molecule has 8 heteroatoms. The maximum absolute atomic E-state index is 5.44. The van der Waals surface area contributed by atoms with Crippen molar-refractivity contribution in [3.63, 3.8) is 0 Å². The van der Waals surface area contributed by atoms with Crippen LogP contribution in [0.2, 0.25) is 0 Å². The molecule has 140 valence electrons. The van der Waals surface area contributed by atoms with E-state index in [-0.39, 0.29) is 0 Å². The van der Waals surface area contributed by atoms with E-state index in [4.69, 9.17) is 26.4 Å². The van der Waals surface area contributed by atoms with Gasteiger partial charge in [-0.15, -0.1) is 0 Å². The maximum atomic E-state index is 5.44. The first-order valence-electron chi connectivity index (χ1n) is 8.33. The Morgan fingerprint density at radius 2 is 1.85 bits per heavy atom. The van der Waals surface area contributed by atoms with E-state index in [2.05, 4.69) is 15.3 Å². The molecule has 2 aromatic carbocycles. The lowest BCUT2D eigenvalue weighted by Crippen LogP contribution is -1.97. The summed E-state index contributed by atoms with van der Waals surface area (Å²) < 4.78 is 18.0. The van der Waals surface area contributed by atoms with Crippen LogP contribution in [0.5, 0.6) is 17.2 Å². The molecule has 3 rings (SSSR count). The van der Waals surface area contributed by atoms with Crippen molar-refractivity contribution < 1.29 is 14.2 Å². The van der Waals surface area contributed by atoms with Crippen LogP contribution in [0.1, 0.15) is 12.5 Å². The monoisotopic (exact) mass is 384 g/mol. The summed E-state index contributed by atoms with van der Waals surface area (Å²) >= 11 is 5.31. The molecule has 0 fully saturated rings. The Balaban J connectivity index is 1.92. The van der Waals surface area contributed by atoms with Crippen LogP contribution in [-0.4, -0.2) is 41.9 Å². The van der Waals surface area contributed by atoms with E-state index in [1.807, 2.05) is 49.4 Å². The second-order valence-corrected chi connectivity index (χ2v) is 5.87. The first-order valence-corrected chi connectivity index (χ1v) is 8.74. The minimum absolute atomic E-state index is 0.391. The molecule has 3 aromatic rings. The van der Waals surface area contributed by atoms with E-state index in [0.29, 0.717) is 28.7 Å². The third-order valence-electron chi connectivity index (χ3n) is 3.81. The zero-order valence-corrected chi connectivity index (χ0v) is 16.1. The molecule has 0 radical (unpaired) electrons. The van der Waals surface area contributed by atoms with Gasteiger partial charge in [-0.1, -0.05) is 0 Å². The van der Waals surface area contributed by atoms with Crippen LogP contribution < -0.4 is 14.2 Å². The van der Waals surface area contributed by atoms with E-state index < -0.39 is 0 Å². The third-order valence-corrected chi connectivity index (χ3v) is 4.07. The predicted molar refractivity (Wildman–Crippen MR) is 107 cm³/mol. The number of methoxy groups -OCH3 is 2. The smallest absolute Gasteiger partial charge is 0.216 e. The molecule has 0 saturated heterocycles. The maximum Gasteiger partial charge on any atom is 0.216 e. The van der Waals surface area contributed by atoms with Crippen molar-refractivity contribution in [1.29, 1.82) is 0 Å². The molecule has 0 atom stereocenters. The van der Waals surface area contributed by atoms with Crippen molar-refractivity contribution in [2.24, 2.45) is 5.10 Å². The lowest BCUT2D eigenvalue weighted by atomic mass is 10.2. The Labute approximate surface area is 162 Å². The fraction of sp³-hybridized carbons (Fsp3) is 0.211. The molecule has 0 aliphatic heterocycles. The number of nitrogens with one attached hydrogen (secondary N) is 1. The van der Waals surface area contributed by atoms with E-state index >= 15 is 0 Å². The lowest BCUT2D eigenvalue weighted by Gasteiger charge is -2.09. The van der Waals surface area contributed by atoms with E-state index in [0.717, 1.165) is 16.9 Å². The molecular weight excluding hydrogens is 364 g/mol. The molecule has 0 unspecified atom stereocenters. The van der Waals surface area contributed by atoms with Gasteiger partial charge in [-0.25, -0.2) is 5.10 Å². The van der Waals surface area contributed by atoms with E-state index in [9.17, 15) is 0 Å². The SMILES string of the molecule is CCOc1ccc(C=Nn2c(-c3ccc(OC)c(OC)c3)n[nH]c2=S)cc1. The summed E-state index contributed by atoms with van der Waals surface area (Å²) in [5, 5.41) is 11.5. The number of rotatable bonds is 7. The van der Waals surface area contributed by atoms with Gasteiger partial charge in [0.1, 0.15) is 5.75 Å². The molecule has 1 aromatic heterocycles. The minimum atomic E-state index is 0.391. The van der Waals surface area contributed by atoms with Gasteiger partial charge in [-0.2, -0.15) is 14.9 Å². The molecule has 0 saturated carbocycles. The second-order valence-electron chi connectivity index (χ2n) is 5.48. The predicted octanol–water partition coefficient (Wildman–Crippen LogP) is 3.91. The molecule has 0 spiro atoms. The Kier molecular flexibility index (Phi) is 5.87. The molecule has 27 heavy (non-hydrogen) atoms. The first-order chi connectivity index (χ1) is 13.2. The van der Waals surface area contributed by atoms with Crippen molar-refractivity contribution in [3.8, 4) is 28.6 Å². The summed E-state index contributed by atoms with van der Waals surface area (Å²) in [6.07, 6.45) is 1.71. The molecule has 0 amide bonds. The van der Waals surface area contributed by atoms with Gasteiger partial charge < -0.3 is 14.2 Å². The quantitative estimate of drug-likeness (QED) is 0.494. The highest BCUT2D eigenvalue weighted by molar-refractivity contribution is 7.71. The lowest BCUT2D eigenvalue weighted by molar-refractivity contribution is 0.340. The largest absolute Gasteiger partial charge is 0.494 e. The van der Waals surface area contributed by atoms with Crippen LogP contribution >= 0.6 is 12.2 Å². The summed E-state index contributed by atoms with van der Waals surface area (Å²) in [7, 11) is 3.18. The van der Waals surface area contributed by atoms with Crippen LogP contribution in [-0.2, 0) is 0 Å². The van der Waals surface area contributed by atoms with Gasteiger partial charge in [-0.05, 0) is 67.2 Å². The Bertz CT molecular complexity index is 993. The van der Waals surface area contributed by atoms with Crippen molar-refractivity contribution >= 4 is 18.4 Å². The number of H-pyrrole nitrogens is 1. The van der Waals surface area contributed by atoms with Crippen molar-refractivity contribution in [1.82, 2.24) is 14.9 Å². The molecule has 1 heterocycles. The summed E-state index contributed by atoms with van der Waals surface area (Å²) in [5.74, 6) is 2.63. The number of benzene rings is 2. The zero-order chi connectivity index (χ0) is 19.2. The van der Waals surface area contributed by atoms with Gasteiger partial charge in [0, 0.05) is 5.56 Å². The van der Waals surface area contributed by atoms with Gasteiger partial charge in [0.2, 0.25) is 4.77 Å². The van der Waals surface area contributed by atoms with E-state index in [1.165, 1.54) is 0 Å². The second kappa shape index (κ2) is 8.50. The number of hydrogen-bond donors (Lipinski definition) is 1. The van der Waals surface area contributed by atoms with Gasteiger partial charge in [-0.3, -0.25) is 0 Å². The average Bonchev–Trinajstić information content (AvgIpc) is 3.07. The highest BCUT2D eigenvalue weighted by atomic mass is 32.1. The number of nitrogens with zero attached hydrogens (tertiary/aromatic N) is 3. The van der Waals surface area contributed by atoms with Crippen LogP contribution in [0, 0.1) is 4.77 Å². The highest BCUT2D eigenvalue weighted by Gasteiger charge is 2.12. The van der Waals surface area contributed by atoms with Crippen LogP contribution in [0.25, 0.3) is 11.4 Å². The molecule has 0 aliphatic carbocycles. The van der Waals surface area contributed by atoms with Crippen molar-refractivity contribution in [3.05, 3.63) is 52.8 Å². The van der Waals surface area contributed by atoms with Crippen LogP contribution in [0.3, 0.4) is 0 Å². The average molecular weight is 384 g/mol. The van der Waals surface area contributed by atoms with Crippen molar-refractivity contribution in [2.45, 2.75) is 6.92 Å². The van der Waals surface area contributed by atoms with Crippen LogP contribution in [0.15, 0.2) is 47.6 Å². The molecule has 0 aliphatic rings. The summed E-state index contributed by atoms with van der Waals surface area (Å²) in [6.45, 7) is 2.58. The van der Waals surface area contributed by atoms with Gasteiger partial charge >= 0.3 is 0 Å². The van der Waals surface area contributed by atoms with Gasteiger partial charge in [0.25, 0.3) is 0 Å². The molecule has 7 nitrogen and oxygen atoms in total. The zero-order valence-electron chi connectivity index (χ0n) is 15.3. The third kappa shape index (κ3) is 4.17. The van der Waals surface area contributed by atoms with Gasteiger partial charge in [0.05, 0.1) is 27.0 Å². The topological polar surface area (TPSA) is 73.7 Å². The Hall–Kier alpha value is -3.13. The Morgan fingerprint density at radius 1 is 1.11 bits per heavy atom. The normalized spacial score (nSPS) is 10.9. The number of aromatic amines is 1. The summed E-state index contributed by atoms with van der Waals surface area (Å²) in [4.78, 5) is 0. The standard InChI is InChI=1S/C19H20N4O3S/c1-4-26-15-8-5-13(6-9-15)12-20-23-18(21-22-19(23)27)14-7-10-16(24-2)17(11-14)25-3/h5-12H,4H2,1-3H3,(H,22,27). The van der Waals surface area contributed by atoms with E-state index in [1.54, 1.807) is 25.1 Å². The summed E-state index contributed by atoms with van der Waals surface area (Å²) in [5.41, 5.74) is 1.71. The highest BCUT2D eigenvalue weighted by Crippen LogP contribution is 2.31. The molecule has 0 bridgehead atoms. The molecule has 1 N–H and O–H groups in total. The summed E-state index contributed by atoms with van der Waals surface area (Å²) in [6, 6.07) is 13.2. The number of aromatic nitrogens is 3. The molecular formula is C19H20N4O3S.